The Hall–Kier alpha value is -1.10. The quantitative estimate of drug-likeness (QED) is 0.483. The van der Waals surface area contributed by atoms with Crippen LogP contribution in [0.3, 0.4) is 0 Å². The number of fused-ring (bicyclic) bond motifs is 1. The highest BCUT2D eigenvalue weighted by molar-refractivity contribution is 8.34. The number of amides is 1. The molecule has 7 nitrogen and oxygen atoms in total. The molecule has 136 valence electrons. The molecule has 0 radical (unpaired) electrons. The van der Waals surface area contributed by atoms with Crippen LogP contribution in [0.15, 0.2) is 23.4 Å². The molecule has 5 atom stereocenters. The van der Waals surface area contributed by atoms with E-state index in [1.807, 2.05) is 6.92 Å². The van der Waals surface area contributed by atoms with Crippen molar-refractivity contribution in [1.29, 1.82) is 0 Å². The lowest BCUT2D eigenvalue weighted by Gasteiger charge is -2.44. The molecule has 0 aliphatic carbocycles. The number of aliphatic hydroxyl groups is 1. The van der Waals surface area contributed by atoms with Gasteiger partial charge in [0.15, 0.2) is 6.04 Å². The van der Waals surface area contributed by atoms with Crippen LogP contribution >= 0.6 is 35.3 Å². The molecule has 25 heavy (non-hydrogen) atoms. The van der Waals surface area contributed by atoms with E-state index in [0.29, 0.717) is 10.8 Å². The van der Waals surface area contributed by atoms with E-state index in [1.54, 1.807) is 6.92 Å². The Morgan fingerprint density at radius 1 is 1.56 bits per heavy atom. The number of β-lactam (4-membered cyclic amide) rings is 1. The second-order valence-electron chi connectivity index (χ2n) is 5.75. The molecule has 2 fully saturated rings. The van der Waals surface area contributed by atoms with Crippen LogP contribution in [0.25, 0.3) is 0 Å². The van der Waals surface area contributed by atoms with Gasteiger partial charge >= 0.3 is 5.97 Å². The molecule has 0 spiro atoms. The van der Waals surface area contributed by atoms with Crippen LogP contribution in [-0.4, -0.2) is 63.8 Å². The number of carboxylic acid groups (broad SMARTS) is 1. The molecule has 1 aromatic rings. The molecule has 2 aliphatic rings. The normalized spacial score (nSPS) is 32.2. The summed E-state index contributed by atoms with van der Waals surface area (Å²) < 4.78 is -0.897. The Labute approximate surface area is 157 Å². The average Bonchev–Trinajstić information content (AvgIpc) is 2.78. The second-order valence-corrected chi connectivity index (χ2v) is 10.7. The van der Waals surface area contributed by atoms with E-state index in [4.69, 9.17) is 0 Å². The van der Waals surface area contributed by atoms with Crippen LogP contribution in [0.5, 0.6) is 5.75 Å². The summed E-state index contributed by atoms with van der Waals surface area (Å²) in [6, 6.07) is 1.88. The van der Waals surface area contributed by atoms with Gasteiger partial charge in [-0.2, -0.15) is 0 Å². The third-order valence-corrected chi connectivity index (χ3v) is 9.04. The highest BCUT2D eigenvalue weighted by atomic mass is 32.3. The predicted octanol–water partition coefficient (Wildman–Crippen LogP) is 1.65. The summed E-state index contributed by atoms with van der Waals surface area (Å²) in [6.07, 6.45) is 0.623. The summed E-state index contributed by atoms with van der Waals surface area (Å²) in [5.74, 6) is -1.31. The highest BCUT2D eigenvalue weighted by Gasteiger charge is 2.68. The van der Waals surface area contributed by atoms with Gasteiger partial charge in [0.25, 0.3) is 0 Å². The predicted molar refractivity (Wildman–Crippen MR) is 97.4 cm³/mol. The molecular weight excluding hydrogens is 384 g/mol. The number of nitrogens with zero attached hydrogens (tertiary/aromatic N) is 2. The molecule has 10 heteroatoms. The number of aromatic hydroxyl groups is 1. The number of hydrogen-bond acceptors (Lipinski definition) is 8. The smallest absolute Gasteiger partial charge is 0.329 e. The molecule has 0 aromatic carbocycles. The molecule has 3 unspecified atom stereocenters. The Bertz CT molecular complexity index is 703. The minimum atomic E-state index is -1.08. The lowest BCUT2D eigenvalue weighted by molar-refractivity contribution is -0.166. The molecule has 1 aromatic heterocycles. The van der Waals surface area contributed by atoms with Gasteiger partial charge in [-0.25, -0.2) is 9.78 Å². The van der Waals surface area contributed by atoms with Gasteiger partial charge in [0.05, 0.1) is 17.4 Å². The van der Waals surface area contributed by atoms with E-state index < -0.39 is 27.4 Å². The summed E-state index contributed by atoms with van der Waals surface area (Å²) in [5, 5.41) is 29.5. The fourth-order valence-electron chi connectivity index (χ4n) is 3.06. The second kappa shape index (κ2) is 6.90. The van der Waals surface area contributed by atoms with Crippen molar-refractivity contribution in [2.24, 2.45) is 5.92 Å². The minimum absolute atomic E-state index is 0.0465. The Balaban J connectivity index is 1.98. The first-order valence-corrected chi connectivity index (χ1v) is 10.4. The first kappa shape index (κ1) is 18.7. The maximum Gasteiger partial charge on any atom is 0.329 e. The zero-order valence-corrected chi connectivity index (χ0v) is 16.0. The molecule has 2 aliphatic heterocycles. The van der Waals surface area contributed by atoms with Crippen LogP contribution in [-0.2, 0) is 9.59 Å². The van der Waals surface area contributed by atoms with Gasteiger partial charge in [-0.05, 0) is 18.7 Å². The van der Waals surface area contributed by atoms with Gasteiger partial charge < -0.3 is 20.2 Å². The third kappa shape index (κ3) is 3.09. The van der Waals surface area contributed by atoms with Crippen LogP contribution < -0.4 is 0 Å². The molecule has 0 bridgehead atoms. The standard InChI is InChI=1S/C15H18N2O5S3/c1-3-23-15(24-9-6-8(19)4-5-16-9)11(14(21)22)17-12(20)10(7(2)18)13(17)25-15/h4-7,10-11,13,18H,3H2,1-2H3,(H,16,19)(H,21,22)/t7?,10-,11?,13+,15?/m0/s1. The number of carbonyl (C=O) groups excluding carboxylic acids is 1. The Morgan fingerprint density at radius 3 is 2.84 bits per heavy atom. The number of rotatable bonds is 6. The van der Waals surface area contributed by atoms with E-state index in [2.05, 4.69) is 4.98 Å². The number of aromatic nitrogens is 1. The van der Waals surface area contributed by atoms with E-state index in [9.17, 15) is 24.9 Å². The molecule has 0 saturated carbocycles. The summed E-state index contributed by atoms with van der Waals surface area (Å²) >= 11 is 4.05. The minimum Gasteiger partial charge on any atom is -0.508 e. The van der Waals surface area contributed by atoms with Crippen molar-refractivity contribution in [3.05, 3.63) is 18.3 Å². The van der Waals surface area contributed by atoms with E-state index in [-0.39, 0.29) is 17.0 Å². The van der Waals surface area contributed by atoms with Crippen molar-refractivity contribution in [2.75, 3.05) is 5.75 Å². The largest absolute Gasteiger partial charge is 0.508 e. The van der Waals surface area contributed by atoms with Gasteiger partial charge in [0, 0.05) is 12.3 Å². The number of hydrogen-bond donors (Lipinski definition) is 3. The Kier molecular flexibility index (Phi) is 5.16. The topological polar surface area (TPSA) is 111 Å². The molecule has 3 heterocycles. The summed E-state index contributed by atoms with van der Waals surface area (Å²) in [7, 11) is 0. The van der Waals surface area contributed by atoms with Gasteiger partial charge in [0.2, 0.25) is 5.91 Å². The summed E-state index contributed by atoms with van der Waals surface area (Å²) in [4.78, 5) is 30.0. The summed E-state index contributed by atoms with van der Waals surface area (Å²) in [6.45, 7) is 3.47. The van der Waals surface area contributed by atoms with Gasteiger partial charge in [-0.15, -0.1) is 23.5 Å². The molecule has 1 amide bonds. The number of thioether (sulfide) groups is 3. The monoisotopic (exact) mass is 402 g/mol. The Morgan fingerprint density at radius 2 is 2.28 bits per heavy atom. The number of aliphatic carboxylic acids is 1. The van der Waals surface area contributed by atoms with Crippen LogP contribution in [0.2, 0.25) is 0 Å². The first-order chi connectivity index (χ1) is 11.8. The lowest BCUT2D eigenvalue weighted by atomic mass is 9.91. The van der Waals surface area contributed by atoms with Gasteiger partial charge in [-0.1, -0.05) is 18.7 Å². The third-order valence-electron chi connectivity index (χ3n) is 4.08. The van der Waals surface area contributed by atoms with Gasteiger partial charge in [-0.3, -0.25) is 4.79 Å². The van der Waals surface area contributed by atoms with Crippen molar-refractivity contribution >= 4 is 47.2 Å². The highest BCUT2D eigenvalue weighted by Crippen LogP contribution is 2.64. The van der Waals surface area contributed by atoms with Crippen LogP contribution in [0.1, 0.15) is 13.8 Å². The van der Waals surface area contributed by atoms with Crippen LogP contribution in [0.4, 0.5) is 0 Å². The van der Waals surface area contributed by atoms with Gasteiger partial charge in [0.1, 0.15) is 14.2 Å². The maximum absolute atomic E-state index is 12.4. The number of carboxylic acids is 1. The SMILES string of the molecule is CCSC1(Sc2cc(O)ccn2)S[C@@H]2[C@@H](C(C)O)C(=O)N2C1C(=O)O. The van der Waals surface area contributed by atoms with E-state index in [0.717, 1.165) is 0 Å². The number of carbonyl (C=O) groups is 2. The molecule has 3 rings (SSSR count). The maximum atomic E-state index is 12.4. The number of pyridine rings is 1. The molecule has 2 saturated heterocycles. The van der Waals surface area contributed by atoms with Crippen molar-refractivity contribution in [3.8, 4) is 5.75 Å². The number of aliphatic hydroxyl groups excluding tert-OH is 1. The lowest BCUT2D eigenvalue weighted by Crippen LogP contribution is -2.65. The van der Waals surface area contributed by atoms with Crippen molar-refractivity contribution in [1.82, 2.24) is 9.88 Å². The van der Waals surface area contributed by atoms with Crippen molar-refractivity contribution in [2.45, 2.75) is 39.8 Å². The fraction of sp³-hybridized carbons (Fsp3) is 0.533. The average molecular weight is 403 g/mol. The zero-order chi connectivity index (χ0) is 18.4. The van der Waals surface area contributed by atoms with E-state index >= 15 is 0 Å². The van der Waals surface area contributed by atoms with Crippen molar-refractivity contribution < 1.29 is 24.9 Å². The zero-order valence-electron chi connectivity index (χ0n) is 13.5. The first-order valence-electron chi connectivity index (χ1n) is 7.69. The molecular formula is C15H18N2O5S3. The van der Waals surface area contributed by atoms with E-state index in [1.165, 1.54) is 58.5 Å². The summed E-state index contributed by atoms with van der Waals surface area (Å²) in [5.41, 5.74) is 0. The van der Waals surface area contributed by atoms with Crippen molar-refractivity contribution in [3.63, 3.8) is 0 Å². The van der Waals surface area contributed by atoms with Crippen LogP contribution in [0, 0.1) is 5.92 Å². The fourth-order valence-corrected chi connectivity index (χ4v) is 8.76. The molecule has 3 N–H and O–H groups in total.